The summed E-state index contributed by atoms with van der Waals surface area (Å²) in [6.07, 6.45) is 3.46. The fourth-order valence-electron chi connectivity index (χ4n) is 4.70. The maximum absolute atomic E-state index is 10.3. The highest BCUT2D eigenvalue weighted by atomic mass is 16.5. The van der Waals surface area contributed by atoms with Gasteiger partial charge in [-0.3, -0.25) is 9.59 Å². The normalized spacial score (nSPS) is 26.9. The summed E-state index contributed by atoms with van der Waals surface area (Å²) in [5.74, 6) is -4.12. The van der Waals surface area contributed by atoms with E-state index in [2.05, 4.69) is 39.8 Å². The van der Waals surface area contributed by atoms with Crippen molar-refractivity contribution in [3.8, 4) is 0 Å². The summed E-state index contributed by atoms with van der Waals surface area (Å²) < 4.78 is 6.20. The highest BCUT2D eigenvalue weighted by Gasteiger charge is 2.61. The Morgan fingerprint density at radius 2 is 1.60 bits per heavy atom. The van der Waals surface area contributed by atoms with Crippen LogP contribution in [0.15, 0.2) is 0 Å². The number of rotatable bonds is 10. The van der Waals surface area contributed by atoms with Gasteiger partial charge in [-0.15, -0.1) is 0 Å². The highest BCUT2D eigenvalue weighted by molar-refractivity contribution is 5.88. The van der Waals surface area contributed by atoms with Crippen LogP contribution in [0, 0.1) is 16.7 Å². The third kappa shape index (κ3) is 6.15. The first-order chi connectivity index (χ1) is 13.7. The number of aliphatic hydroxyl groups is 1. The van der Waals surface area contributed by atoms with E-state index < -0.39 is 36.4 Å². The molecule has 3 atom stereocenters. The molecular formula is C21H37NO8. The molecule has 3 unspecified atom stereocenters. The zero-order valence-corrected chi connectivity index (χ0v) is 18.7. The number of carbonyl (C=O) groups is 3. The lowest BCUT2D eigenvalue weighted by Gasteiger charge is -2.39. The molecule has 0 amide bonds. The van der Waals surface area contributed by atoms with Crippen LogP contribution in [0.1, 0.15) is 59.3 Å². The molecule has 0 heterocycles. The lowest BCUT2D eigenvalue weighted by atomic mass is 9.70. The van der Waals surface area contributed by atoms with Crippen molar-refractivity contribution in [2.24, 2.45) is 16.7 Å². The second-order valence-corrected chi connectivity index (χ2v) is 9.60. The van der Waals surface area contributed by atoms with Crippen molar-refractivity contribution >= 4 is 17.9 Å². The minimum Gasteiger partial charge on any atom is -0.481 e. The monoisotopic (exact) mass is 431 g/mol. The lowest BCUT2D eigenvalue weighted by molar-refractivity contribution is -0.170. The van der Waals surface area contributed by atoms with Gasteiger partial charge >= 0.3 is 17.9 Å². The second-order valence-electron chi connectivity index (χ2n) is 9.60. The summed E-state index contributed by atoms with van der Waals surface area (Å²) in [5, 5.41) is 33.8. The quantitative estimate of drug-likeness (QED) is 0.381. The van der Waals surface area contributed by atoms with Crippen LogP contribution in [-0.4, -0.2) is 82.2 Å². The molecule has 2 aliphatic carbocycles. The molecule has 0 spiro atoms. The number of aliphatic carboxylic acids is 3. The van der Waals surface area contributed by atoms with Crippen molar-refractivity contribution in [2.45, 2.75) is 71.0 Å². The summed E-state index contributed by atoms with van der Waals surface area (Å²) in [6.45, 7) is 9.43. The predicted octanol–water partition coefficient (Wildman–Crippen LogP) is 1.92. The van der Waals surface area contributed by atoms with Crippen LogP contribution in [0.3, 0.4) is 0 Å². The van der Waals surface area contributed by atoms with Gasteiger partial charge in [-0.05, 0) is 63.1 Å². The van der Waals surface area contributed by atoms with Crippen LogP contribution in [0.25, 0.3) is 0 Å². The van der Waals surface area contributed by atoms with Gasteiger partial charge in [0.15, 0.2) is 5.60 Å². The third-order valence-corrected chi connectivity index (χ3v) is 7.07. The van der Waals surface area contributed by atoms with Crippen molar-refractivity contribution < 1.29 is 39.5 Å². The van der Waals surface area contributed by atoms with Gasteiger partial charge in [-0.25, -0.2) is 4.79 Å². The Bertz CT molecular complexity index is 616. The Balaban J connectivity index is 0.000000314. The first kappa shape index (κ1) is 26.3. The number of nitrogens with zero attached hydrogens (tertiary/aromatic N) is 1. The summed E-state index contributed by atoms with van der Waals surface area (Å²) in [4.78, 5) is 32.7. The standard InChI is InChI=1S/C15H29NO.C6H8O7/c1-14(2)12-7-8-15(14,3)13(11-12)17-10-6-9-16(4)5;7-3(8)1-6(13,5(11)12)2-4(9)10/h12-13H,6-11H2,1-5H3;13H,1-2H2,(H,7,8)(H,9,10)(H,11,12). The molecule has 9 nitrogen and oxygen atoms in total. The predicted molar refractivity (Wildman–Crippen MR) is 109 cm³/mol. The molecule has 9 heteroatoms. The first-order valence-electron chi connectivity index (χ1n) is 10.3. The van der Waals surface area contributed by atoms with Gasteiger partial charge in [0, 0.05) is 6.61 Å². The molecule has 2 saturated carbocycles. The molecule has 2 aliphatic rings. The van der Waals surface area contributed by atoms with E-state index in [1.54, 1.807) is 0 Å². The minimum atomic E-state index is -2.74. The van der Waals surface area contributed by atoms with Crippen molar-refractivity contribution in [2.75, 3.05) is 27.2 Å². The molecule has 2 fully saturated rings. The van der Waals surface area contributed by atoms with Crippen molar-refractivity contribution in [3.63, 3.8) is 0 Å². The zero-order chi connectivity index (χ0) is 23.3. The Kier molecular flexibility index (Phi) is 8.83. The number of ether oxygens (including phenoxy) is 1. The zero-order valence-electron chi connectivity index (χ0n) is 18.7. The molecule has 0 radical (unpaired) electrons. The van der Waals surface area contributed by atoms with E-state index in [4.69, 9.17) is 25.2 Å². The topological polar surface area (TPSA) is 145 Å². The van der Waals surface area contributed by atoms with Crippen molar-refractivity contribution in [3.05, 3.63) is 0 Å². The average molecular weight is 432 g/mol. The number of carboxylic acids is 3. The molecule has 0 aliphatic heterocycles. The fourth-order valence-corrected chi connectivity index (χ4v) is 4.70. The van der Waals surface area contributed by atoms with Gasteiger partial charge in [0.2, 0.25) is 0 Å². The van der Waals surface area contributed by atoms with Crippen LogP contribution in [0.4, 0.5) is 0 Å². The van der Waals surface area contributed by atoms with Gasteiger partial charge in [0.1, 0.15) is 0 Å². The number of fused-ring (bicyclic) bond motifs is 2. The number of hydrogen-bond donors (Lipinski definition) is 4. The molecule has 0 saturated heterocycles. The van der Waals surface area contributed by atoms with Crippen LogP contribution in [0.2, 0.25) is 0 Å². The fraction of sp³-hybridized carbons (Fsp3) is 0.857. The SMILES string of the molecule is CN(C)CCCOC1CC2CCC1(C)C2(C)C.O=C(O)CC(O)(CC(=O)O)C(=O)O. The summed E-state index contributed by atoms with van der Waals surface area (Å²) in [6, 6.07) is 0. The van der Waals surface area contributed by atoms with Crippen molar-refractivity contribution in [1.29, 1.82) is 0 Å². The van der Waals surface area contributed by atoms with E-state index in [1.807, 2.05) is 0 Å². The first-order valence-corrected chi connectivity index (χ1v) is 10.3. The Hall–Kier alpha value is -1.71. The molecule has 2 rings (SSSR count). The largest absolute Gasteiger partial charge is 0.481 e. The van der Waals surface area contributed by atoms with Gasteiger partial charge in [0.25, 0.3) is 0 Å². The Labute approximate surface area is 178 Å². The molecule has 0 aromatic carbocycles. The molecule has 2 bridgehead atoms. The minimum absolute atomic E-state index is 0.426. The van der Waals surface area contributed by atoms with Gasteiger partial charge in [-0.1, -0.05) is 20.8 Å². The van der Waals surface area contributed by atoms with E-state index in [0.29, 0.717) is 16.9 Å². The Morgan fingerprint density at radius 1 is 1.07 bits per heavy atom. The molecule has 174 valence electrons. The lowest BCUT2D eigenvalue weighted by Crippen LogP contribution is -2.42. The average Bonchev–Trinajstić information content (AvgIpc) is 2.90. The van der Waals surface area contributed by atoms with Gasteiger partial charge in [-0.2, -0.15) is 0 Å². The number of carboxylic acid groups (broad SMARTS) is 3. The van der Waals surface area contributed by atoms with Crippen LogP contribution >= 0.6 is 0 Å². The molecule has 0 aromatic heterocycles. The van der Waals surface area contributed by atoms with Crippen LogP contribution in [0.5, 0.6) is 0 Å². The van der Waals surface area contributed by atoms with Gasteiger partial charge in [0.05, 0.1) is 18.9 Å². The maximum Gasteiger partial charge on any atom is 0.336 e. The summed E-state index contributed by atoms with van der Waals surface area (Å²) in [7, 11) is 4.25. The maximum atomic E-state index is 10.3. The Morgan fingerprint density at radius 3 is 1.93 bits per heavy atom. The summed E-state index contributed by atoms with van der Waals surface area (Å²) >= 11 is 0. The molecule has 0 aromatic rings. The summed E-state index contributed by atoms with van der Waals surface area (Å²) in [5.41, 5.74) is -1.83. The third-order valence-electron chi connectivity index (χ3n) is 7.07. The smallest absolute Gasteiger partial charge is 0.336 e. The second kappa shape index (κ2) is 10.1. The molecular weight excluding hydrogens is 394 g/mol. The molecule has 30 heavy (non-hydrogen) atoms. The van der Waals surface area contributed by atoms with E-state index in [1.165, 1.54) is 19.3 Å². The van der Waals surface area contributed by atoms with Gasteiger partial charge < -0.3 is 30.1 Å². The van der Waals surface area contributed by atoms with E-state index in [-0.39, 0.29) is 0 Å². The highest BCUT2D eigenvalue weighted by Crippen LogP contribution is 2.66. The van der Waals surface area contributed by atoms with Crippen LogP contribution < -0.4 is 0 Å². The molecule has 4 N–H and O–H groups in total. The van der Waals surface area contributed by atoms with Crippen LogP contribution in [-0.2, 0) is 19.1 Å². The number of hydrogen-bond acceptors (Lipinski definition) is 6. The van der Waals surface area contributed by atoms with E-state index in [9.17, 15) is 14.4 Å². The van der Waals surface area contributed by atoms with E-state index >= 15 is 0 Å². The van der Waals surface area contributed by atoms with Crippen molar-refractivity contribution in [1.82, 2.24) is 4.90 Å². The van der Waals surface area contributed by atoms with E-state index in [0.717, 1.165) is 25.5 Å².